The van der Waals surface area contributed by atoms with Gasteiger partial charge in [0.15, 0.2) is 0 Å². The zero-order chi connectivity index (χ0) is 24.5. The van der Waals surface area contributed by atoms with E-state index in [9.17, 15) is 4.79 Å². The van der Waals surface area contributed by atoms with E-state index in [4.69, 9.17) is 4.98 Å². The Morgan fingerprint density at radius 1 is 1.09 bits per heavy atom. The second-order valence-electron chi connectivity index (χ2n) is 10.3. The van der Waals surface area contributed by atoms with Crippen LogP contribution in [0.15, 0.2) is 30.7 Å². The Morgan fingerprint density at radius 3 is 2.66 bits per heavy atom. The van der Waals surface area contributed by atoms with Gasteiger partial charge in [-0.3, -0.25) is 9.78 Å². The van der Waals surface area contributed by atoms with E-state index in [-0.39, 0.29) is 17.9 Å². The summed E-state index contributed by atoms with van der Waals surface area (Å²) in [6, 6.07) is 4.01. The quantitative estimate of drug-likeness (QED) is 0.559. The average molecular weight is 475 g/mol. The van der Waals surface area contributed by atoms with Crippen LogP contribution in [0.25, 0.3) is 10.8 Å². The number of anilines is 3. The van der Waals surface area contributed by atoms with Gasteiger partial charge in [0, 0.05) is 50.2 Å². The first-order valence-electron chi connectivity index (χ1n) is 12.5. The molecule has 2 aliphatic rings. The molecule has 184 valence electrons. The number of nitrogens with zero attached hydrogens (tertiary/aromatic N) is 6. The molecule has 0 bridgehead atoms. The van der Waals surface area contributed by atoms with E-state index >= 15 is 0 Å². The summed E-state index contributed by atoms with van der Waals surface area (Å²) in [6.07, 6.45) is 7.76. The van der Waals surface area contributed by atoms with Gasteiger partial charge in [-0.05, 0) is 54.8 Å². The van der Waals surface area contributed by atoms with Gasteiger partial charge in [-0.15, -0.1) is 0 Å². The van der Waals surface area contributed by atoms with Crippen LogP contribution < -0.4 is 15.5 Å². The second kappa shape index (κ2) is 9.73. The first-order chi connectivity index (χ1) is 16.9. The molecule has 1 atom stereocenters. The maximum atomic E-state index is 13.0. The van der Waals surface area contributed by atoms with Crippen molar-refractivity contribution in [2.75, 3.05) is 43.4 Å². The number of pyridine rings is 2. The SMILES string of the molecule is CC1CCCN(c2nccc(Nc3cc4c(C(C)C)cnc(C(=O)NC5CN(C)C5)c4cn3)n2)C1. The highest BCUT2D eigenvalue weighted by atomic mass is 16.2. The minimum atomic E-state index is -0.151. The van der Waals surface area contributed by atoms with E-state index in [0.29, 0.717) is 23.2 Å². The van der Waals surface area contributed by atoms with E-state index in [1.54, 1.807) is 12.4 Å². The highest BCUT2D eigenvalue weighted by molar-refractivity contribution is 6.06. The summed E-state index contributed by atoms with van der Waals surface area (Å²) in [5.74, 6) is 2.87. The summed E-state index contributed by atoms with van der Waals surface area (Å²) >= 11 is 0. The predicted molar refractivity (Wildman–Crippen MR) is 138 cm³/mol. The van der Waals surface area contributed by atoms with Crippen LogP contribution in [0.2, 0.25) is 0 Å². The first-order valence-corrected chi connectivity index (χ1v) is 12.5. The number of likely N-dealkylation sites (tertiary alicyclic amines) is 1. The fraction of sp³-hybridized carbons (Fsp3) is 0.500. The molecule has 0 saturated carbocycles. The molecule has 2 fully saturated rings. The van der Waals surface area contributed by atoms with Gasteiger partial charge in [0.2, 0.25) is 5.95 Å². The van der Waals surface area contributed by atoms with Crippen molar-refractivity contribution in [2.45, 2.75) is 45.6 Å². The van der Waals surface area contributed by atoms with Gasteiger partial charge in [-0.25, -0.2) is 9.97 Å². The number of nitrogens with one attached hydrogen (secondary N) is 2. The molecule has 1 unspecified atom stereocenters. The number of aromatic nitrogens is 4. The molecule has 0 aromatic carbocycles. The van der Waals surface area contributed by atoms with Gasteiger partial charge in [0.05, 0.1) is 6.04 Å². The molecule has 1 amide bonds. The highest BCUT2D eigenvalue weighted by Gasteiger charge is 2.26. The fourth-order valence-corrected chi connectivity index (χ4v) is 4.98. The van der Waals surface area contributed by atoms with Crippen molar-refractivity contribution in [3.8, 4) is 0 Å². The normalized spacial score (nSPS) is 19.1. The van der Waals surface area contributed by atoms with Crippen LogP contribution in [0.5, 0.6) is 0 Å². The standard InChI is InChI=1S/C26H34N8O/c1-16(2)20-11-29-24(25(35)30-18-14-33(4)15-18)21-12-28-23(10-19(20)21)31-22-7-8-27-26(32-22)34-9-5-6-17(3)13-34/h7-8,10-12,16-18H,5-6,9,13-15H2,1-4H3,(H,30,35)(H,27,28,31,32). The molecule has 2 saturated heterocycles. The molecule has 0 radical (unpaired) electrons. The molecule has 35 heavy (non-hydrogen) atoms. The molecular formula is C26H34N8O. The van der Waals surface area contributed by atoms with Crippen LogP contribution in [0, 0.1) is 5.92 Å². The zero-order valence-electron chi connectivity index (χ0n) is 21.0. The summed E-state index contributed by atoms with van der Waals surface area (Å²) in [7, 11) is 2.04. The van der Waals surface area contributed by atoms with Crippen LogP contribution in [0.3, 0.4) is 0 Å². The summed E-state index contributed by atoms with van der Waals surface area (Å²) in [6.45, 7) is 10.2. The molecule has 5 heterocycles. The van der Waals surface area contributed by atoms with Crippen LogP contribution in [0.4, 0.5) is 17.6 Å². The molecule has 9 heteroatoms. The Bertz CT molecular complexity index is 1220. The number of hydrogen-bond acceptors (Lipinski definition) is 8. The third-order valence-electron chi connectivity index (χ3n) is 6.88. The van der Waals surface area contributed by atoms with Crippen molar-refractivity contribution >= 4 is 34.3 Å². The Hall–Kier alpha value is -3.33. The third kappa shape index (κ3) is 5.05. The lowest BCUT2D eigenvalue weighted by Crippen LogP contribution is -2.57. The number of rotatable bonds is 6. The molecule has 0 spiro atoms. The van der Waals surface area contributed by atoms with Gasteiger partial charge in [-0.1, -0.05) is 20.8 Å². The molecule has 3 aromatic rings. The van der Waals surface area contributed by atoms with Crippen LogP contribution in [-0.2, 0) is 0 Å². The largest absolute Gasteiger partial charge is 0.345 e. The summed E-state index contributed by atoms with van der Waals surface area (Å²) in [5, 5.41) is 8.17. The molecule has 9 nitrogen and oxygen atoms in total. The van der Waals surface area contributed by atoms with E-state index in [0.717, 1.165) is 54.9 Å². The summed E-state index contributed by atoms with van der Waals surface area (Å²) < 4.78 is 0. The van der Waals surface area contributed by atoms with Gasteiger partial charge in [-0.2, -0.15) is 4.98 Å². The Balaban J connectivity index is 1.42. The Kier molecular flexibility index (Phi) is 6.51. The second-order valence-corrected chi connectivity index (χ2v) is 10.3. The molecular weight excluding hydrogens is 440 g/mol. The first kappa shape index (κ1) is 23.4. The number of carbonyl (C=O) groups is 1. The van der Waals surface area contributed by atoms with Crippen molar-refractivity contribution in [2.24, 2.45) is 5.92 Å². The number of piperidine rings is 1. The predicted octanol–water partition coefficient (Wildman–Crippen LogP) is 3.57. The van der Waals surface area contributed by atoms with Gasteiger partial charge < -0.3 is 20.4 Å². The lowest BCUT2D eigenvalue weighted by Gasteiger charge is -2.36. The minimum Gasteiger partial charge on any atom is -0.345 e. The van der Waals surface area contributed by atoms with E-state index in [1.165, 1.54) is 6.42 Å². The van der Waals surface area contributed by atoms with Gasteiger partial charge >= 0.3 is 0 Å². The highest BCUT2D eigenvalue weighted by Crippen LogP contribution is 2.29. The third-order valence-corrected chi connectivity index (χ3v) is 6.88. The van der Waals surface area contributed by atoms with E-state index < -0.39 is 0 Å². The lowest BCUT2D eigenvalue weighted by molar-refractivity contribution is 0.0854. The van der Waals surface area contributed by atoms with Crippen LogP contribution >= 0.6 is 0 Å². The molecule has 2 N–H and O–H groups in total. The topological polar surface area (TPSA) is 99.2 Å². The minimum absolute atomic E-state index is 0.151. The Morgan fingerprint density at radius 2 is 1.91 bits per heavy atom. The smallest absolute Gasteiger partial charge is 0.270 e. The summed E-state index contributed by atoms with van der Waals surface area (Å²) in [4.78, 5) is 35.8. The van der Waals surface area contributed by atoms with Crippen LogP contribution in [-0.4, -0.2) is 70.0 Å². The van der Waals surface area contributed by atoms with E-state index in [2.05, 4.69) is 56.2 Å². The van der Waals surface area contributed by atoms with Crippen LogP contribution in [0.1, 0.15) is 55.6 Å². The van der Waals surface area contributed by atoms with Crippen molar-refractivity contribution < 1.29 is 4.79 Å². The number of likely N-dealkylation sites (N-methyl/N-ethyl adjacent to an activating group) is 1. The maximum absolute atomic E-state index is 13.0. The number of carbonyl (C=O) groups excluding carboxylic acids is 1. The maximum Gasteiger partial charge on any atom is 0.270 e. The zero-order valence-corrected chi connectivity index (χ0v) is 21.0. The Labute approximate surface area is 206 Å². The summed E-state index contributed by atoms with van der Waals surface area (Å²) in [5.41, 5.74) is 1.50. The molecule has 5 rings (SSSR count). The lowest BCUT2D eigenvalue weighted by atomic mass is 9.98. The molecule has 0 aliphatic carbocycles. The average Bonchev–Trinajstić information content (AvgIpc) is 2.82. The monoisotopic (exact) mass is 474 g/mol. The van der Waals surface area contributed by atoms with Gasteiger partial charge in [0.1, 0.15) is 17.3 Å². The van der Waals surface area contributed by atoms with Gasteiger partial charge in [0.25, 0.3) is 5.91 Å². The fourth-order valence-electron chi connectivity index (χ4n) is 4.98. The molecule has 3 aromatic heterocycles. The van der Waals surface area contributed by atoms with Crippen molar-refractivity contribution in [1.29, 1.82) is 0 Å². The number of amides is 1. The van der Waals surface area contributed by atoms with Crippen molar-refractivity contribution in [1.82, 2.24) is 30.2 Å². The van der Waals surface area contributed by atoms with Crippen molar-refractivity contribution in [3.63, 3.8) is 0 Å². The number of fused-ring (bicyclic) bond motifs is 1. The van der Waals surface area contributed by atoms with E-state index in [1.807, 2.05) is 25.4 Å². The van der Waals surface area contributed by atoms with Crippen molar-refractivity contribution in [3.05, 3.63) is 42.0 Å². The molecule has 2 aliphatic heterocycles. The number of hydrogen-bond donors (Lipinski definition) is 2.